The molecule has 0 aromatic heterocycles. The first-order valence-corrected chi connectivity index (χ1v) is 8.91. The van der Waals surface area contributed by atoms with Gasteiger partial charge in [0, 0.05) is 29.0 Å². The van der Waals surface area contributed by atoms with Gasteiger partial charge in [-0.25, -0.2) is 0 Å². The minimum Gasteiger partial charge on any atom is -0.322 e. The van der Waals surface area contributed by atoms with Crippen LogP contribution in [0.5, 0.6) is 0 Å². The van der Waals surface area contributed by atoms with Gasteiger partial charge in [-0.1, -0.05) is 24.3 Å². The summed E-state index contributed by atoms with van der Waals surface area (Å²) in [6, 6.07) is 24.7. The van der Waals surface area contributed by atoms with E-state index in [-0.39, 0.29) is 11.8 Å². The molecular formula is C23H19N3O2. The molecular weight excluding hydrogens is 350 g/mol. The summed E-state index contributed by atoms with van der Waals surface area (Å²) >= 11 is 0. The summed E-state index contributed by atoms with van der Waals surface area (Å²) in [7, 11) is 0. The number of hydrogen-bond donors (Lipinski definition) is 1. The predicted molar refractivity (Wildman–Crippen MR) is 109 cm³/mol. The van der Waals surface area contributed by atoms with E-state index in [0.29, 0.717) is 28.9 Å². The Kier molecular flexibility index (Phi) is 5.83. The second kappa shape index (κ2) is 8.65. The number of nitriles is 1. The van der Waals surface area contributed by atoms with Gasteiger partial charge in [0.15, 0.2) is 0 Å². The second-order valence-electron chi connectivity index (χ2n) is 6.11. The van der Waals surface area contributed by atoms with E-state index < -0.39 is 0 Å². The Morgan fingerprint density at radius 1 is 0.929 bits per heavy atom. The molecule has 0 aliphatic carbocycles. The minimum atomic E-state index is -0.317. The number of carbonyl (C=O) groups is 2. The summed E-state index contributed by atoms with van der Waals surface area (Å²) < 4.78 is 0. The van der Waals surface area contributed by atoms with Gasteiger partial charge in [-0.3, -0.25) is 9.59 Å². The highest BCUT2D eigenvalue weighted by molar-refractivity contribution is 6.09. The highest BCUT2D eigenvalue weighted by atomic mass is 16.2. The van der Waals surface area contributed by atoms with Gasteiger partial charge in [0.05, 0.1) is 11.6 Å². The third kappa shape index (κ3) is 4.25. The summed E-state index contributed by atoms with van der Waals surface area (Å²) in [5.41, 5.74) is 2.74. The molecule has 0 fully saturated rings. The van der Waals surface area contributed by atoms with Crippen LogP contribution in [0, 0.1) is 11.3 Å². The second-order valence-corrected chi connectivity index (χ2v) is 6.11. The fourth-order valence-electron chi connectivity index (χ4n) is 2.83. The normalized spacial score (nSPS) is 10.0. The molecule has 0 saturated heterocycles. The maximum absolute atomic E-state index is 12.9. The molecule has 2 amide bonds. The number of nitrogens with zero attached hydrogens (tertiary/aromatic N) is 2. The van der Waals surface area contributed by atoms with Crippen LogP contribution in [0.3, 0.4) is 0 Å². The molecule has 5 nitrogen and oxygen atoms in total. The molecule has 1 N–H and O–H groups in total. The fourth-order valence-corrected chi connectivity index (χ4v) is 2.83. The number of benzene rings is 3. The lowest BCUT2D eigenvalue weighted by molar-refractivity contribution is 0.0988. The van der Waals surface area contributed by atoms with E-state index in [1.54, 1.807) is 53.4 Å². The topological polar surface area (TPSA) is 73.2 Å². The van der Waals surface area contributed by atoms with E-state index in [1.807, 2.05) is 43.3 Å². The largest absolute Gasteiger partial charge is 0.322 e. The summed E-state index contributed by atoms with van der Waals surface area (Å²) in [5, 5.41) is 11.6. The van der Waals surface area contributed by atoms with Gasteiger partial charge in [0.2, 0.25) is 0 Å². The first-order chi connectivity index (χ1) is 13.6. The Bertz CT molecular complexity index is 1020. The third-order valence-electron chi connectivity index (χ3n) is 4.27. The Morgan fingerprint density at radius 2 is 1.61 bits per heavy atom. The Balaban J connectivity index is 1.79. The van der Waals surface area contributed by atoms with Crippen molar-refractivity contribution in [3.05, 3.63) is 95.6 Å². The lowest BCUT2D eigenvalue weighted by Gasteiger charge is -2.21. The average Bonchev–Trinajstić information content (AvgIpc) is 2.75. The van der Waals surface area contributed by atoms with E-state index in [9.17, 15) is 9.59 Å². The van der Waals surface area contributed by atoms with Crippen LogP contribution in [0.25, 0.3) is 0 Å². The first kappa shape index (κ1) is 18.9. The predicted octanol–water partition coefficient (Wildman–Crippen LogP) is 4.48. The van der Waals surface area contributed by atoms with Crippen LogP contribution in [0.2, 0.25) is 0 Å². The maximum atomic E-state index is 12.9. The highest BCUT2D eigenvalue weighted by Crippen LogP contribution is 2.18. The van der Waals surface area contributed by atoms with Gasteiger partial charge in [-0.15, -0.1) is 0 Å². The SMILES string of the molecule is CCN(C(=O)c1cccc(C(=O)Nc2ccc(C#N)cc2)c1)c1ccccc1. The molecule has 0 bridgehead atoms. The Morgan fingerprint density at radius 3 is 2.25 bits per heavy atom. The molecule has 3 aromatic rings. The molecule has 28 heavy (non-hydrogen) atoms. The molecule has 0 heterocycles. The van der Waals surface area contributed by atoms with Crippen LogP contribution in [0.15, 0.2) is 78.9 Å². The first-order valence-electron chi connectivity index (χ1n) is 8.91. The van der Waals surface area contributed by atoms with Crippen molar-refractivity contribution in [1.82, 2.24) is 0 Å². The summed E-state index contributed by atoms with van der Waals surface area (Å²) in [6.45, 7) is 2.43. The summed E-state index contributed by atoms with van der Waals surface area (Å²) in [5.74, 6) is -0.483. The van der Waals surface area contributed by atoms with Crippen molar-refractivity contribution >= 4 is 23.2 Å². The molecule has 0 aliphatic heterocycles. The Labute approximate surface area is 163 Å². The molecule has 0 atom stereocenters. The zero-order chi connectivity index (χ0) is 19.9. The van der Waals surface area contributed by atoms with Crippen LogP contribution < -0.4 is 10.2 Å². The number of amides is 2. The van der Waals surface area contributed by atoms with Crippen molar-refractivity contribution in [2.45, 2.75) is 6.92 Å². The van der Waals surface area contributed by atoms with Crippen LogP contribution in [-0.4, -0.2) is 18.4 Å². The van der Waals surface area contributed by atoms with Crippen LogP contribution in [0.4, 0.5) is 11.4 Å². The number of anilines is 2. The quantitative estimate of drug-likeness (QED) is 0.721. The Hall–Kier alpha value is -3.91. The van der Waals surface area contributed by atoms with Crippen LogP contribution >= 0.6 is 0 Å². The van der Waals surface area contributed by atoms with E-state index >= 15 is 0 Å². The van der Waals surface area contributed by atoms with E-state index in [1.165, 1.54) is 0 Å². The molecule has 138 valence electrons. The molecule has 0 spiro atoms. The fraction of sp³-hybridized carbons (Fsp3) is 0.0870. The van der Waals surface area contributed by atoms with Gasteiger partial charge < -0.3 is 10.2 Å². The van der Waals surface area contributed by atoms with Crippen LogP contribution in [-0.2, 0) is 0 Å². The zero-order valence-corrected chi connectivity index (χ0v) is 15.4. The monoisotopic (exact) mass is 369 g/mol. The summed E-state index contributed by atoms with van der Waals surface area (Å²) in [4.78, 5) is 27.2. The number of para-hydroxylation sites is 1. The van der Waals surface area contributed by atoms with E-state index in [0.717, 1.165) is 5.69 Å². The van der Waals surface area contributed by atoms with Crippen molar-refractivity contribution in [3.8, 4) is 6.07 Å². The molecule has 0 aliphatic rings. The smallest absolute Gasteiger partial charge is 0.258 e. The van der Waals surface area contributed by atoms with Crippen molar-refractivity contribution in [2.24, 2.45) is 0 Å². The van der Waals surface area contributed by atoms with Gasteiger partial charge in [0.25, 0.3) is 11.8 Å². The molecule has 0 unspecified atom stereocenters. The van der Waals surface area contributed by atoms with Gasteiger partial charge in [-0.05, 0) is 61.5 Å². The molecule has 3 aromatic carbocycles. The number of hydrogen-bond acceptors (Lipinski definition) is 3. The number of rotatable bonds is 5. The van der Waals surface area contributed by atoms with Crippen molar-refractivity contribution < 1.29 is 9.59 Å². The van der Waals surface area contributed by atoms with Crippen molar-refractivity contribution in [2.75, 3.05) is 16.8 Å². The average molecular weight is 369 g/mol. The van der Waals surface area contributed by atoms with E-state index in [4.69, 9.17) is 5.26 Å². The van der Waals surface area contributed by atoms with Crippen LogP contribution in [0.1, 0.15) is 33.2 Å². The molecule has 3 rings (SSSR count). The minimum absolute atomic E-state index is 0.165. The third-order valence-corrected chi connectivity index (χ3v) is 4.27. The lowest BCUT2D eigenvalue weighted by atomic mass is 10.1. The summed E-state index contributed by atoms with van der Waals surface area (Å²) in [6.07, 6.45) is 0. The van der Waals surface area contributed by atoms with Gasteiger partial charge in [-0.2, -0.15) is 5.26 Å². The maximum Gasteiger partial charge on any atom is 0.258 e. The lowest BCUT2D eigenvalue weighted by Crippen LogP contribution is -2.30. The highest BCUT2D eigenvalue weighted by Gasteiger charge is 2.17. The standard InChI is InChI=1S/C23H19N3O2/c1-2-26(21-9-4-3-5-10-21)23(28)19-8-6-7-18(15-19)22(27)25-20-13-11-17(16-24)12-14-20/h3-15H,2H2,1H3,(H,25,27). The van der Waals surface area contributed by atoms with Gasteiger partial charge in [0.1, 0.15) is 0 Å². The molecule has 5 heteroatoms. The number of nitrogens with one attached hydrogen (secondary N) is 1. The molecule has 0 saturated carbocycles. The number of carbonyl (C=O) groups excluding carboxylic acids is 2. The zero-order valence-electron chi connectivity index (χ0n) is 15.4. The van der Waals surface area contributed by atoms with Crippen molar-refractivity contribution in [3.63, 3.8) is 0 Å². The van der Waals surface area contributed by atoms with Gasteiger partial charge >= 0.3 is 0 Å². The van der Waals surface area contributed by atoms with E-state index in [2.05, 4.69) is 5.32 Å². The molecule has 0 radical (unpaired) electrons. The van der Waals surface area contributed by atoms with Crippen molar-refractivity contribution in [1.29, 1.82) is 5.26 Å².